The first kappa shape index (κ1) is 10.3. The lowest BCUT2D eigenvalue weighted by atomic mass is 10.2. The van der Waals surface area contributed by atoms with E-state index in [0.717, 1.165) is 37.2 Å². The van der Waals surface area contributed by atoms with Gasteiger partial charge in [0.05, 0.1) is 0 Å². The Morgan fingerprint density at radius 1 is 1.20 bits per heavy atom. The fourth-order valence-corrected chi connectivity index (χ4v) is 1.90. The van der Waals surface area contributed by atoms with E-state index < -0.39 is 0 Å². The van der Waals surface area contributed by atoms with Crippen molar-refractivity contribution in [2.75, 3.05) is 17.9 Å². The molecule has 2 rings (SSSR count). The van der Waals surface area contributed by atoms with E-state index >= 15 is 0 Å². The Morgan fingerprint density at radius 3 is 2.33 bits per heavy atom. The average molecular weight is 225 g/mol. The monoisotopic (exact) mass is 224 g/mol. The molecule has 1 amide bonds. The number of amides is 1. The van der Waals surface area contributed by atoms with Crippen LogP contribution in [-0.2, 0) is 0 Å². The van der Waals surface area contributed by atoms with Crippen molar-refractivity contribution >= 4 is 23.4 Å². The maximum Gasteiger partial charge on any atom is 0.253 e. The first-order valence-corrected chi connectivity index (χ1v) is 5.45. The van der Waals surface area contributed by atoms with Gasteiger partial charge >= 0.3 is 0 Å². The van der Waals surface area contributed by atoms with Gasteiger partial charge in [-0.2, -0.15) is 0 Å². The van der Waals surface area contributed by atoms with Crippen LogP contribution in [-0.4, -0.2) is 23.9 Å². The van der Waals surface area contributed by atoms with Crippen LogP contribution in [0.25, 0.3) is 0 Å². The van der Waals surface area contributed by atoms with E-state index in [-0.39, 0.29) is 5.91 Å². The SMILES string of the molecule is O=C(c1ccc(NCl)cc1)N1CCCC1. The number of rotatable bonds is 2. The third-order valence-electron chi connectivity index (χ3n) is 2.63. The second-order valence-corrected chi connectivity index (χ2v) is 3.86. The number of anilines is 1. The number of nitrogens with one attached hydrogen (secondary N) is 1. The largest absolute Gasteiger partial charge is 0.339 e. The molecule has 1 aliphatic heterocycles. The van der Waals surface area contributed by atoms with Gasteiger partial charge in [-0.3, -0.25) is 9.63 Å². The van der Waals surface area contributed by atoms with E-state index in [1.807, 2.05) is 4.90 Å². The molecule has 0 unspecified atom stereocenters. The fraction of sp³-hybridized carbons (Fsp3) is 0.364. The van der Waals surface area contributed by atoms with Crippen molar-refractivity contribution in [1.82, 2.24) is 4.90 Å². The highest BCUT2D eigenvalue weighted by Gasteiger charge is 2.18. The second-order valence-electron chi connectivity index (χ2n) is 3.67. The maximum absolute atomic E-state index is 11.9. The van der Waals surface area contributed by atoms with Crippen LogP contribution in [0.5, 0.6) is 0 Å². The number of hydrogen-bond acceptors (Lipinski definition) is 2. The van der Waals surface area contributed by atoms with Crippen LogP contribution in [0.2, 0.25) is 0 Å². The lowest BCUT2D eigenvalue weighted by Crippen LogP contribution is -2.27. The molecule has 0 bridgehead atoms. The molecule has 3 nitrogen and oxygen atoms in total. The molecule has 0 saturated carbocycles. The van der Waals surface area contributed by atoms with Crippen molar-refractivity contribution in [3.8, 4) is 0 Å². The Bertz CT molecular complexity index is 344. The van der Waals surface area contributed by atoms with E-state index in [0.29, 0.717) is 0 Å². The molecule has 1 fully saturated rings. The van der Waals surface area contributed by atoms with Gasteiger partial charge in [-0.1, -0.05) is 0 Å². The molecule has 0 radical (unpaired) electrons. The normalized spacial score (nSPS) is 15.4. The van der Waals surface area contributed by atoms with E-state index in [4.69, 9.17) is 11.8 Å². The van der Waals surface area contributed by atoms with Crippen LogP contribution < -0.4 is 4.84 Å². The van der Waals surface area contributed by atoms with Gasteiger partial charge in [0.1, 0.15) is 0 Å². The summed E-state index contributed by atoms with van der Waals surface area (Å²) in [6.07, 6.45) is 2.24. The molecule has 1 aromatic carbocycles. The van der Waals surface area contributed by atoms with Crippen molar-refractivity contribution in [3.05, 3.63) is 29.8 Å². The van der Waals surface area contributed by atoms with Crippen molar-refractivity contribution < 1.29 is 4.79 Å². The minimum absolute atomic E-state index is 0.119. The number of halogens is 1. The summed E-state index contributed by atoms with van der Waals surface area (Å²) in [5.41, 5.74) is 1.53. The Hall–Kier alpha value is -1.22. The molecule has 1 N–H and O–H groups in total. The number of hydrogen-bond donors (Lipinski definition) is 1. The summed E-state index contributed by atoms with van der Waals surface area (Å²) in [6.45, 7) is 1.77. The summed E-state index contributed by atoms with van der Waals surface area (Å²) in [5, 5.41) is 0. The number of nitrogens with zero attached hydrogens (tertiary/aromatic N) is 1. The molecule has 80 valence electrons. The van der Waals surface area contributed by atoms with Crippen LogP contribution in [0.1, 0.15) is 23.2 Å². The molecule has 0 atom stereocenters. The summed E-state index contributed by atoms with van der Waals surface area (Å²) >= 11 is 5.44. The van der Waals surface area contributed by atoms with Gasteiger partial charge in [0.2, 0.25) is 0 Å². The molecule has 0 spiro atoms. The zero-order chi connectivity index (χ0) is 10.7. The molecule has 1 heterocycles. The van der Waals surface area contributed by atoms with Crippen LogP contribution in [0.4, 0.5) is 5.69 Å². The lowest BCUT2D eigenvalue weighted by molar-refractivity contribution is 0.0793. The van der Waals surface area contributed by atoms with Gasteiger partial charge in [0, 0.05) is 36.1 Å². The number of carbonyl (C=O) groups is 1. The zero-order valence-corrected chi connectivity index (χ0v) is 9.13. The molecule has 1 saturated heterocycles. The van der Waals surface area contributed by atoms with Gasteiger partial charge < -0.3 is 4.90 Å². The predicted molar refractivity (Wildman–Crippen MR) is 61.1 cm³/mol. The summed E-state index contributed by atoms with van der Waals surface area (Å²) in [6, 6.07) is 7.20. The minimum Gasteiger partial charge on any atom is -0.339 e. The third kappa shape index (κ3) is 2.23. The number of carbonyl (C=O) groups excluding carboxylic acids is 1. The second kappa shape index (κ2) is 4.53. The smallest absolute Gasteiger partial charge is 0.253 e. The molecule has 1 aromatic rings. The molecule has 15 heavy (non-hydrogen) atoms. The van der Waals surface area contributed by atoms with Crippen molar-refractivity contribution in [3.63, 3.8) is 0 Å². The van der Waals surface area contributed by atoms with Crippen molar-refractivity contribution in [2.45, 2.75) is 12.8 Å². The van der Waals surface area contributed by atoms with Gasteiger partial charge in [-0.15, -0.1) is 0 Å². The fourth-order valence-electron chi connectivity index (χ4n) is 1.78. The standard InChI is InChI=1S/C11H13ClN2O/c12-13-10-5-3-9(4-6-10)11(15)14-7-1-2-8-14/h3-6,13H,1-2,7-8H2. The van der Waals surface area contributed by atoms with Gasteiger partial charge in [-0.05, 0) is 37.1 Å². The van der Waals surface area contributed by atoms with Gasteiger partial charge in [0.25, 0.3) is 5.91 Å². The zero-order valence-electron chi connectivity index (χ0n) is 8.37. The molecule has 1 aliphatic rings. The van der Waals surface area contributed by atoms with Gasteiger partial charge in [0.15, 0.2) is 0 Å². The summed E-state index contributed by atoms with van der Waals surface area (Å²) in [4.78, 5) is 16.3. The Balaban J connectivity index is 2.11. The van der Waals surface area contributed by atoms with E-state index in [1.165, 1.54) is 0 Å². The Kier molecular flexibility index (Phi) is 3.11. The highest BCUT2D eigenvalue weighted by Crippen LogP contribution is 2.15. The average Bonchev–Trinajstić information content (AvgIpc) is 2.82. The molecular weight excluding hydrogens is 212 g/mol. The molecule has 4 heteroatoms. The molecule has 0 aromatic heterocycles. The predicted octanol–water partition coefficient (Wildman–Crippen LogP) is 2.49. The van der Waals surface area contributed by atoms with Crippen LogP contribution in [0.3, 0.4) is 0 Å². The number of benzene rings is 1. The summed E-state index contributed by atoms with van der Waals surface area (Å²) in [7, 11) is 0. The van der Waals surface area contributed by atoms with Crippen LogP contribution in [0.15, 0.2) is 24.3 Å². The summed E-state index contributed by atoms with van der Waals surface area (Å²) in [5.74, 6) is 0.119. The topological polar surface area (TPSA) is 32.3 Å². The van der Waals surface area contributed by atoms with E-state index in [9.17, 15) is 4.79 Å². The molecule has 0 aliphatic carbocycles. The van der Waals surface area contributed by atoms with Crippen molar-refractivity contribution in [2.24, 2.45) is 0 Å². The van der Waals surface area contributed by atoms with Gasteiger partial charge in [-0.25, -0.2) is 0 Å². The minimum atomic E-state index is 0.119. The first-order valence-electron chi connectivity index (χ1n) is 5.07. The first-order chi connectivity index (χ1) is 7.31. The van der Waals surface area contributed by atoms with Crippen LogP contribution in [0, 0.1) is 0 Å². The highest BCUT2D eigenvalue weighted by atomic mass is 35.5. The highest BCUT2D eigenvalue weighted by molar-refractivity contribution is 6.24. The molecular formula is C11H13ClN2O. The Morgan fingerprint density at radius 2 is 1.80 bits per heavy atom. The van der Waals surface area contributed by atoms with Crippen LogP contribution >= 0.6 is 11.8 Å². The number of likely N-dealkylation sites (tertiary alicyclic amines) is 1. The third-order valence-corrected chi connectivity index (χ3v) is 2.85. The van der Waals surface area contributed by atoms with Crippen molar-refractivity contribution in [1.29, 1.82) is 0 Å². The van der Waals surface area contributed by atoms with E-state index in [1.54, 1.807) is 24.3 Å². The lowest BCUT2D eigenvalue weighted by Gasteiger charge is -2.15. The Labute approximate surface area is 94.1 Å². The summed E-state index contributed by atoms with van der Waals surface area (Å²) < 4.78 is 0. The van der Waals surface area contributed by atoms with E-state index in [2.05, 4.69) is 4.84 Å². The maximum atomic E-state index is 11.9. The quantitative estimate of drug-likeness (QED) is 0.783.